The smallest absolute Gasteiger partial charge is 0.262 e. The van der Waals surface area contributed by atoms with Crippen molar-refractivity contribution >= 4 is 44.0 Å². The minimum Gasteiger partial charge on any atom is -0.396 e. The summed E-state index contributed by atoms with van der Waals surface area (Å²) in [4.78, 5) is -0.124. The minimum absolute atomic E-state index is 0.124. The molecule has 0 amide bonds. The van der Waals surface area contributed by atoms with Gasteiger partial charge in [0.05, 0.1) is 16.3 Å². The van der Waals surface area contributed by atoms with Crippen LogP contribution in [0.5, 0.6) is 0 Å². The molecule has 0 atom stereocenters. The van der Waals surface area contributed by atoms with Gasteiger partial charge < -0.3 is 5.73 Å². The lowest BCUT2D eigenvalue weighted by Crippen LogP contribution is -2.16. The van der Waals surface area contributed by atoms with Gasteiger partial charge in [0.25, 0.3) is 10.0 Å². The highest BCUT2D eigenvalue weighted by Gasteiger charge is 2.20. The first-order valence-corrected chi connectivity index (χ1v) is 8.30. The second kappa shape index (κ2) is 5.76. The summed E-state index contributed by atoms with van der Waals surface area (Å²) in [6.45, 7) is 1.46. The molecule has 0 fully saturated rings. The summed E-state index contributed by atoms with van der Waals surface area (Å²) in [6.07, 6.45) is 0. The van der Waals surface area contributed by atoms with Gasteiger partial charge in [-0.2, -0.15) is 0 Å². The molecule has 8 heteroatoms. The quantitative estimate of drug-likeness (QED) is 0.587. The number of hydrogen-bond donors (Lipinski definition) is 2. The van der Waals surface area contributed by atoms with Crippen LogP contribution < -0.4 is 10.5 Å². The van der Waals surface area contributed by atoms with Crippen LogP contribution >= 0.6 is 22.6 Å². The molecule has 0 saturated carbocycles. The maximum atomic E-state index is 13.3. The van der Waals surface area contributed by atoms with Gasteiger partial charge in [0.2, 0.25) is 0 Å². The molecule has 21 heavy (non-hydrogen) atoms. The van der Waals surface area contributed by atoms with Gasteiger partial charge >= 0.3 is 0 Å². The van der Waals surface area contributed by atoms with E-state index in [9.17, 15) is 17.2 Å². The molecule has 0 saturated heterocycles. The van der Waals surface area contributed by atoms with Gasteiger partial charge in [-0.3, -0.25) is 4.72 Å². The minimum atomic E-state index is -3.94. The number of nitrogens with one attached hydrogen (secondary N) is 1. The molecule has 3 N–H and O–H groups in total. The summed E-state index contributed by atoms with van der Waals surface area (Å²) in [7, 11) is -3.94. The van der Waals surface area contributed by atoms with Gasteiger partial charge in [-0.05, 0) is 65.4 Å². The lowest BCUT2D eigenvalue weighted by atomic mass is 10.2. The second-order valence-electron chi connectivity index (χ2n) is 4.37. The second-order valence-corrected chi connectivity index (χ2v) is 7.18. The van der Waals surface area contributed by atoms with Crippen molar-refractivity contribution in [1.82, 2.24) is 0 Å². The average Bonchev–Trinajstić information content (AvgIpc) is 2.37. The van der Waals surface area contributed by atoms with E-state index in [0.29, 0.717) is 3.57 Å². The summed E-state index contributed by atoms with van der Waals surface area (Å²) >= 11 is 1.81. The number of sulfonamides is 1. The Kier molecular flexibility index (Phi) is 4.38. The van der Waals surface area contributed by atoms with Crippen molar-refractivity contribution in [2.24, 2.45) is 0 Å². The zero-order valence-corrected chi connectivity index (χ0v) is 13.8. The summed E-state index contributed by atoms with van der Waals surface area (Å²) in [5.74, 6) is -1.15. The van der Waals surface area contributed by atoms with Crippen molar-refractivity contribution in [3.63, 3.8) is 0 Å². The van der Waals surface area contributed by atoms with Crippen LogP contribution in [0, 0.1) is 22.1 Å². The fraction of sp³-hybridized carbons (Fsp3) is 0.0769. The predicted octanol–water partition coefficient (Wildman–Crippen LogP) is 3.26. The van der Waals surface area contributed by atoms with E-state index in [2.05, 4.69) is 4.72 Å². The van der Waals surface area contributed by atoms with Crippen LogP contribution in [0.3, 0.4) is 0 Å². The van der Waals surface area contributed by atoms with E-state index in [4.69, 9.17) is 5.73 Å². The fourth-order valence-corrected chi connectivity index (χ4v) is 3.87. The Bertz CT molecular complexity index is 810. The molecular formula is C13H11F2IN2O2S. The van der Waals surface area contributed by atoms with Crippen molar-refractivity contribution in [3.05, 3.63) is 51.1 Å². The highest BCUT2D eigenvalue weighted by molar-refractivity contribution is 14.1. The lowest BCUT2D eigenvalue weighted by Gasteiger charge is -2.12. The average molecular weight is 424 g/mol. The number of rotatable bonds is 3. The number of anilines is 2. The van der Waals surface area contributed by atoms with Crippen LogP contribution in [0.2, 0.25) is 0 Å². The highest BCUT2D eigenvalue weighted by Crippen LogP contribution is 2.26. The van der Waals surface area contributed by atoms with Crippen LogP contribution in [-0.2, 0) is 10.0 Å². The topological polar surface area (TPSA) is 72.2 Å². The normalized spacial score (nSPS) is 11.4. The zero-order valence-electron chi connectivity index (χ0n) is 10.8. The Morgan fingerprint density at radius 3 is 2.48 bits per heavy atom. The molecule has 0 spiro atoms. The summed E-state index contributed by atoms with van der Waals surface area (Å²) in [5.41, 5.74) is 5.62. The number of nitrogen functional groups attached to an aromatic ring is 1. The summed E-state index contributed by atoms with van der Waals surface area (Å²) in [6, 6.07) is 5.77. The Hall–Kier alpha value is -1.42. The molecule has 2 rings (SSSR count). The molecule has 2 aromatic carbocycles. The molecule has 0 aromatic heterocycles. The van der Waals surface area contributed by atoms with Crippen molar-refractivity contribution in [3.8, 4) is 0 Å². The predicted molar refractivity (Wildman–Crippen MR) is 85.5 cm³/mol. The first kappa shape index (κ1) is 16.0. The first-order chi connectivity index (χ1) is 9.70. The highest BCUT2D eigenvalue weighted by atomic mass is 127. The molecule has 2 aromatic rings. The molecule has 4 nitrogen and oxygen atoms in total. The van der Waals surface area contributed by atoms with E-state index >= 15 is 0 Å². The van der Waals surface area contributed by atoms with E-state index in [-0.39, 0.29) is 21.8 Å². The van der Waals surface area contributed by atoms with Gasteiger partial charge in [-0.25, -0.2) is 17.2 Å². The van der Waals surface area contributed by atoms with Gasteiger partial charge in [0.15, 0.2) is 0 Å². The molecule has 112 valence electrons. The van der Waals surface area contributed by atoms with Crippen molar-refractivity contribution in [2.45, 2.75) is 11.8 Å². The number of halogens is 3. The third-order valence-corrected chi connectivity index (χ3v) is 5.16. The zero-order chi connectivity index (χ0) is 15.8. The van der Waals surface area contributed by atoms with E-state index in [1.165, 1.54) is 19.1 Å². The Morgan fingerprint density at radius 2 is 1.86 bits per heavy atom. The molecule has 0 bridgehead atoms. The lowest BCUT2D eigenvalue weighted by molar-refractivity contribution is 0.599. The standard InChI is InChI=1S/C13H11F2IN2O2S/c1-7-4-9(15)11(17)6-13(7)21(19,20)18-12-3-2-8(14)5-10(12)16/h2-6,18H,17H2,1H3. The van der Waals surface area contributed by atoms with Crippen LogP contribution in [0.25, 0.3) is 0 Å². The Balaban J connectivity index is 2.46. The number of benzene rings is 2. The summed E-state index contributed by atoms with van der Waals surface area (Å²) in [5, 5.41) is 0. The SMILES string of the molecule is Cc1cc(F)c(N)cc1S(=O)(=O)Nc1ccc(F)cc1I. The Morgan fingerprint density at radius 1 is 1.19 bits per heavy atom. The van der Waals surface area contributed by atoms with Crippen LogP contribution in [0.15, 0.2) is 35.2 Å². The van der Waals surface area contributed by atoms with E-state index in [1.54, 1.807) is 0 Å². The van der Waals surface area contributed by atoms with Crippen molar-refractivity contribution in [1.29, 1.82) is 0 Å². The molecule has 0 aliphatic carbocycles. The van der Waals surface area contributed by atoms with Gasteiger partial charge in [0.1, 0.15) is 11.6 Å². The number of nitrogens with two attached hydrogens (primary N) is 1. The van der Waals surface area contributed by atoms with Crippen molar-refractivity contribution < 1.29 is 17.2 Å². The van der Waals surface area contributed by atoms with Gasteiger partial charge in [-0.1, -0.05) is 0 Å². The maximum Gasteiger partial charge on any atom is 0.262 e. The van der Waals surface area contributed by atoms with Crippen LogP contribution in [0.4, 0.5) is 20.2 Å². The fourth-order valence-electron chi connectivity index (χ4n) is 1.73. The molecule has 0 aliphatic heterocycles. The largest absolute Gasteiger partial charge is 0.396 e. The van der Waals surface area contributed by atoms with Crippen molar-refractivity contribution in [2.75, 3.05) is 10.5 Å². The molecular weight excluding hydrogens is 413 g/mol. The van der Waals surface area contributed by atoms with Crippen LogP contribution in [0.1, 0.15) is 5.56 Å². The number of hydrogen-bond acceptors (Lipinski definition) is 3. The third kappa shape index (κ3) is 3.43. The van der Waals surface area contributed by atoms with E-state index < -0.39 is 21.7 Å². The molecule has 0 heterocycles. The van der Waals surface area contributed by atoms with E-state index in [1.807, 2.05) is 22.6 Å². The maximum absolute atomic E-state index is 13.3. The van der Waals surface area contributed by atoms with Crippen LogP contribution in [-0.4, -0.2) is 8.42 Å². The summed E-state index contributed by atoms with van der Waals surface area (Å²) < 4.78 is 53.7. The van der Waals surface area contributed by atoms with Gasteiger partial charge in [0, 0.05) is 3.57 Å². The first-order valence-electron chi connectivity index (χ1n) is 5.74. The molecule has 0 aliphatic rings. The molecule has 0 unspecified atom stereocenters. The van der Waals surface area contributed by atoms with Gasteiger partial charge in [-0.15, -0.1) is 0 Å². The number of aryl methyl sites for hydroxylation is 1. The third-order valence-electron chi connectivity index (χ3n) is 2.76. The van der Waals surface area contributed by atoms with E-state index in [0.717, 1.165) is 18.2 Å². The Labute approximate surface area is 134 Å². The molecule has 0 radical (unpaired) electrons. The monoisotopic (exact) mass is 424 g/mol.